The van der Waals surface area contributed by atoms with Crippen molar-refractivity contribution in [3.05, 3.63) is 60.8 Å². The number of hydrogen-bond acceptors (Lipinski definition) is 7. The van der Waals surface area contributed by atoms with Crippen LogP contribution < -0.4 is 11.2 Å². The Balaban J connectivity index is 1.93. The number of imidazole rings is 1. The molecule has 1 aromatic carbocycles. The molecule has 0 amide bonds. The maximum Gasteiger partial charge on any atom is 0.329 e. The summed E-state index contributed by atoms with van der Waals surface area (Å²) >= 11 is 1.14. The average molecular weight is 403 g/mol. The molecule has 0 radical (unpaired) electrons. The third-order valence-corrected chi connectivity index (χ3v) is 5.12. The number of aryl methyl sites for hydroxylation is 1. The molecule has 146 valence electrons. The molecule has 0 saturated heterocycles. The zero-order chi connectivity index (χ0) is 20.6. The second-order valence-electron chi connectivity index (χ2n) is 6.36. The maximum absolute atomic E-state index is 12.4. The Morgan fingerprint density at radius 3 is 2.50 bits per heavy atom. The Morgan fingerprint density at radius 1 is 1.29 bits per heavy atom. The molecule has 10 nitrogen and oxygen atoms in total. The molecule has 0 bridgehead atoms. The lowest BCUT2D eigenvalue weighted by Crippen LogP contribution is -2.29. The lowest BCUT2D eigenvalue weighted by Gasteiger charge is -2.11. The van der Waals surface area contributed by atoms with E-state index in [9.17, 15) is 24.5 Å². The number of nitro groups is 1. The number of non-ortho nitro benzene ring substituents is 1. The second-order valence-corrected chi connectivity index (χ2v) is 7.31. The summed E-state index contributed by atoms with van der Waals surface area (Å²) in [6.07, 6.45) is 0. The number of rotatable bonds is 6. The van der Waals surface area contributed by atoms with Gasteiger partial charge in [-0.05, 0) is 26.0 Å². The SMILES string of the molecule is CC(C)n1c(SCC(=O)c2ccc([N+](=O)[O-])cc2)nc2c1c(=O)[nH]c(=O)n2C. The Labute approximate surface area is 162 Å². The molecule has 0 unspecified atom stereocenters. The predicted octanol–water partition coefficient (Wildman–Crippen LogP) is 1.89. The van der Waals surface area contributed by atoms with Gasteiger partial charge in [0.15, 0.2) is 22.1 Å². The van der Waals surface area contributed by atoms with Crippen LogP contribution in [0.4, 0.5) is 5.69 Å². The fourth-order valence-electron chi connectivity index (χ4n) is 2.75. The molecule has 11 heteroatoms. The zero-order valence-electron chi connectivity index (χ0n) is 15.3. The number of carbonyl (C=O) groups is 1. The monoisotopic (exact) mass is 403 g/mol. The molecule has 0 spiro atoms. The highest BCUT2D eigenvalue weighted by molar-refractivity contribution is 7.99. The van der Waals surface area contributed by atoms with Crippen LogP contribution in [0.2, 0.25) is 0 Å². The number of fused-ring (bicyclic) bond motifs is 1. The van der Waals surface area contributed by atoms with Crippen molar-refractivity contribution >= 4 is 34.4 Å². The summed E-state index contributed by atoms with van der Waals surface area (Å²) < 4.78 is 2.93. The van der Waals surface area contributed by atoms with Gasteiger partial charge in [-0.25, -0.2) is 9.78 Å². The smallest absolute Gasteiger partial charge is 0.311 e. The van der Waals surface area contributed by atoms with Gasteiger partial charge in [-0.15, -0.1) is 0 Å². The summed E-state index contributed by atoms with van der Waals surface area (Å²) in [7, 11) is 1.51. The van der Waals surface area contributed by atoms with Crippen LogP contribution in [0.1, 0.15) is 30.2 Å². The van der Waals surface area contributed by atoms with Gasteiger partial charge in [-0.2, -0.15) is 0 Å². The lowest BCUT2D eigenvalue weighted by atomic mass is 10.1. The van der Waals surface area contributed by atoms with Crippen molar-refractivity contribution in [2.45, 2.75) is 25.0 Å². The topological polar surface area (TPSA) is 133 Å². The van der Waals surface area contributed by atoms with Gasteiger partial charge in [-0.3, -0.25) is 29.3 Å². The number of thioether (sulfide) groups is 1. The van der Waals surface area contributed by atoms with Gasteiger partial charge in [0.2, 0.25) is 0 Å². The molecular formula is C17H17N5O5S. The molecular weight excluding hydrogens is 386 g/mol. The Hall–Kier alpha value is -3.21. The molecule has 2 heterocycles. The third-order valence-electron chi connectivity index (χ3n) is 4.17. The van der Waals surface area contributed by atoms with Crippen LogP contribution in [-0.4, -0.2) is 35.6 Å². The number of hydrogen-bond donors (Lipinski definition) is 1. The molecule has 3 rings (SSSR count). The van der Waals surface area contributed by atoms with Gasteiger partial charge >= 0.3 is 5.69 Å². The van der Waals surface area contributed by atoms with E-state index in [-0.39, 0.29) is 34.4 Å². The van der Waals surface area contributed by atoms with E-state index >= 15 is 0 Å². The Bertz CT molecular complexity index is 1190. The first-order chi connectivity index (χ1) is 13.2. The highest BCUT2D eigenvalue weighted by atomic mass is 32.2. The number of nitro benzene ring substituents is 1. The van der Waals surface area contributed by atoms with Crippen molar-refractivity contribution in [2.75, 3.05) is 5.75 Å². The van der Waals surface area contributed by atoms with Crippen LogP contribution in [-0.2, 0) is 7.05 Å². The second kappa shape index (κ2) is 7.43. The van der Waals surface area contributed by atoms with E-state index in [2.05, 4.69) is 9.97 Å². The first-order valence-electron chi connectivity index (χ1n) is 8.32. The van der Waals surface area contributed by atoms with E-state index in [4.69, 9.17) is 0 Å². The summed E-state index contributed by atoms with van der Waals surface area (Å²) in [5, 5.41) is 11.1. The minimum absolute atomic E-state index is 0.0275. The van der Waals surface area contributed by atoms with E-state index in [1.165, 1.54) is 35.9 Å². The number of nitrogens with zero attached hydrogens (tertiary/aromatic N) is 4. The summed E-state index contributed by atoms with van der Waals surface area (Å²) in [5.74, 6) is -0.204. The molecule has 0 aliphatic carbocycles. The van der Waals surface area contributed by atoms with Crippen molar-refractivity contribution in [3.63, 3.8) is 0 Å². The van der Waals surface area contributed by atoms with Gasteiger partial charge in [0.1, 0.15) is 0 Å². The quantitative estimate of drug-likeness (QED) is 0.287. The van der Waals surface area contributed by atoms with Gasteiger partial charge in [0, 0.05) is 30.8 Å². The summed E-state index contributed by atoms with van der Waals surface area (Å²) in [6.45, 7) is 3.74. The largest absolute Gasteiger partial charge is 0.329 e. The van der Waals surface area contributed by atoms with Crippen LogP contribution in [0.3, 0.4) is 0 Å². The van der Waals surface area contributed by atoms with Crippen LogP contribution in [0.5, 0.6) is 0 Å². The zero-order valence-corrected chi connectivity index (χ0v) is 16.1. The molecule has 0 atom stereocenters. The van der Waals surface area contributed by atoms with Crippen molar-refractivity contribution in [2.24, 2.45) is 7.05 Å². The maximum atomic E-state index is 12.4. The molecule has 0 aliphatic rings. The average Bonchev–Trinajstić information content (AvgIpc) is 3.05. The van der Waals surface area contributed by atoms with Crippen molar-refractivity contribution in [1.82, 2.24) is 19.1 Å². The fourth-order valence-corrected chi connectivity index (χ4v) is 3.76. The van der Waals surface area contributed by atoms with Crippen LogP contribution >= 0.6 is 11.8 Å². The van der Waals surface area contributed by atoms with Gasteiger partial charge in [0.25, 0.3) is 11.2 Å². The Kier molecular flexibility index (Phi) is 5.18. The van der Waals surface area contributed by atoms with E-state index in [0.717, 1.165) is 11.8 Å². The van der Waals surface area contributed by atoms with E-state index in [0.29, 0.717) is 10.7 Å². The van der Waals surface area contributed by atoms with Crippen LogP contribution in [0.15, 0.2) is 39.0 Å². The summed E-state index contributed by atoms with van der Waals surface area (Å²) in [6, 6.07) is 5.23. The molecule has 1 N–H and O–H groups in total. The summed E-state index contributed by atoms with van der Waals surface area (Å²) in [4.78, 5) is 53.3. The normalized spacial score (nSPS) is 11.3. The number of Topliss-reactive ketones (excluding diaryl/α,β-unsaturated/α-hetero) is 1. The first-order valence-corrected chi connectivity index (χ1v) is 9.31. The first kappa shape index (κ1) is 19.5. The number of aromatic amines is 1. The number of benzene rings is 1. The number of aromatic nitrogens is 4. The predicted molar refractivity (Wildman–Crippen MR) is 104 cm³/mol. The van der Waals surface area contributed by atoms with Crippen molar-refractivity contribution in [1.29, 1.82) is 0 Å². The number of H-pyrrole nitrogens is 1. The van der Waals surface area contributed by atoms with Gasteiger partial charge in [0.05, 0.1) is 10.7 Å². The molecule has 0 fully saturated rings. The van der Waals surface area contributed by atoms with Gasteiger partial charge < -0.3 is 4.57 Å². The van der Waals surface area contributed by atoms with Crippen LogP contribution in [0.25, 0.3) is 11.2 Å². The van der Waals surface area contributed by atoms with Crippen LogP contribution in [0, 0.1) is 10.1 Å². The number of carbonyl (C=O) groups excluding carboxylic acids is 1. The minimum atomic E-state index is -0.565. The third kappa shape index (κ3) is 3.48. The Morgan fingerprint density at radius 2 is 1.93 bits per heavy atom. The summed E-state index contributed by atoms with van der Waals surface area (Å²) in [5.41, 5.74) is -0.339. The molecule has 2 aromatic heterocycles. The highest BCUT2D eigenvalue weighted by Gasteiger charge is 2.20. The highest BCUT2D eigenvalue weighted by Crippen LogP contribution is 2.26. The molecule has 3 aromatic rings. The molecule has 0 saturated carbocycles. The number of ketones is 1. The fraction of sp³-hybridized carbons (Fsp3) is 0.294. The van der Waals surface area contributed by atoms with Crippen molar-refractivity contribution in [3.8, 4) is 0 Å². The molecule has 0 aliphatic heterocycles. The van der Waals surface area contributed by atoms with Crippen molar-refractivity contribution < 1.29 is 9.72 Å². The minimum Gasteiger partial charge on any atom is -0.311 e. The standard InChI is InChI=1S/C17H17N5O5S/c1-9(2)21-13-14(20(3)16(25)19-15(13)24)18-17(21)28-8-12(23)10-4-6-11(7-5-10)22(26)27/h4-7,9H,8H2,1-3H3,(H,19,24,25). The lowest BCUT2D eigenvalue weighted by molar-refractivity contribution is -0.384. The number of nitrogens with one attached hydrogen (secondary N) is 1. The molecule has 28 heavy (non-hydrogen) atoms. The van der Waals surface area contributed by atoms with E-state index < -0.39 is 16.2 Å². The van der Waals surface area contributed by atoms with E-state index in [1.807, 2.05) is 13.8 Å². The van der Waals surface area contributed by atoms with Gasteiger partial charge in [-0.1, -0.05) is 11.8 Å². The van der Waals surface area contributed by atoms with E-state index in [1.54, 1.807) is 4.57 Å².